The number of nitriles is 2. The van der Waals surface area contributed by atoms with Gasteiger partial charge in [-0.2, -0.15) is 10.5 Å². The van der Waals surface area contributed by atoms with Gasteiger partial charge in [-0.3, -0.25) is 43.3 Å². The molecule has 0 radical (unpaired) electrons. The molecule has 0 saturated heterocycles. The number of hydrogen-bond acceptors (Lipinski definition) is 14. The topological polar surface area (TPSA) is 362 Å². The normalized spacial score (nSPS) is 10.6. The minimum absolute atomic E-state index is 0.00565. The Bertz CT molecular complexity index is 3460. The van der Waals surface area contributed by atoms with Crippen LogP contribution in [0.5, 0.6) is 0 Å². The fourth-order valence-electron chi connectivity index (χ4n) is 7.15. The molecule has 7 aromatic heterocycles. The van der Waals surface area contributed by atoms with Gasteiger partial charge in [-0.15, -0.1) is 0 Å². The van der Waals surface area contributed by atoms with E-state index in [9.17, 15) is 38.4 Å². The van der Waals surface area contributed by atoms with Crippen molar-refractivity contribution in [3.05, 3.63) is 114 Å². The fourth-order valence-corrected chi connectivity index (χ4v) is 7.15. The lowest BCUT2D eigenvalue weighted by molar-refractivity contribution is -0.116. The Morgan fingerprint density at radius 1 is 0.486 bits per heavy atom. The summed E-state index contributed by atoms with van der Waals surface area (Å²) in [6, 6.07) is 11.0. The maximum absolute atomic E-state index is 13.3. The van der Waals surface area contributed by atoms with E-state index in [4.69, 9.17) is 10.5 Å². The molecule has 7 aromatic rings. The highest BCUT2D eigenvalue weighted by Crippen LogP contribution is 2.22. The first-order valence-corrected chi connectivity index (χ1v) is 22.1. The number of pyridine rings is 1. The van der Waals surface area contributed by atoms with Crippen LogP contribution in [-0.2, 0) is 47.1 Å². The van der Waals surface area contributed by atoms with E-state index in [0.717, 1.165) is 0 Å². The van der Waals surface area contributed by atoms with Gasteiger partial charge in [0.1, 0.15) is 22.9 Å². The summed E-state index contributed by atoms with van der Waals surface area (Å²) < 4.78 is 8.75. The van der Waals surface area contributed by atoms with E-state index in [1.165, 1.54) is 92.2 Å². The highest BCUT2D eigenvalue weighted by molar-refractivity contribution is 6.10. The number of rotatable bonds is 18. The largest absolute Gasteiger partial charge is 0.348 e. The average Bonchev–Trinajstić information content (AvgIpc) is 4.22. The molecule has 0 atom stereocenters. The van der Waals surface area contributed by atoms with Crippen LogP contribution >= 0.6 is 0 Å². The lowest BCUT2D eigenvalue weighted by Gasteiger charge is -2.04. The molecule has 8 amide bonds. The number of carbonyl (C=O) groups excluding carboxylic acids is 8. The number of hydrogen-bond donors (Lipinski definition) is 8. The smallest absolute Gasteiger partial charge is 0.292 e. The summed E-state index contributed by atoms with van der Waals surface area (Å²) >= 11 is 0. The van der Waals surface area contributed by atoms with Gasteiger partial charge >= 0.3 is 0 Å². The third-order valence-corrected chi connectivity index (χ3v) is 10.7. The first-order valence-electron chi connectivity index (χ1n) is 22.1. The van der Waals surface area contributed by atoms with Crippen LogP contribution in [0.2, 0.25) is 0 Å². The molecule has 8 N–H and O–H groups in total. The second-order valence-electron chi connectivity index (χ2n) is 16.4. The van der Waals surface area contributed by atoms with Crippen LogP contribution in [0.25, 0.3) is 0 Å². The molecule has 0 aliphatic carbocycles. The Hall–Kier alpha value is -10.6. The van der Waals surface area contributed by atoms with Crippen molar-refractivity contribution in [1.29, 1.82) is 10.5 Å². The number of nitrogens with one attached hydrogen (secondary N) is 8. The maximum Gasteiger partial charge on any atom is 0.292 e. The summed E-state index contributed by atoms with van der Waals surface area (Å²) in [5.74, 6) is -4.30. The molecule has 0 bridgehead atoms. The molecule has 28 heteroatoms. The van der Waals surface area contributed by atoms with Crippen LogP contribution in [0.3, 0.4) is 0 Å². The third kappa shape index (κ3) is 12.0. The van der Waals surface area contributed by atoms with Crippen LogP contribution in [0, 0.1) is 22.7 Å². The van der Waals surface area contributed by atoms with Gasteiger partial charge in [-0.05, 0) is 24.3 Å². The second kappa shape index (κ2) is 22.0. The van der Waals surface area contributed by atoms with Gasteiger partial charge in [0.25, 0.3) is 41.4 Å². The number of aryl methyl sites for hydroxylation is 6. The summed E-state index contributed by atoms with van der Waals surface area (Å²) in [7, 11) is 9.53. The summed E-state index contributed by atoms with van der Waals surface area (Å²) in [5.41, 5.74) is 1.37. The van der Waals surface area contributed by atoms with Crippen LogP contribution in [-0.4, -0.2) is 101 Å². The van der Waals surface area contributed by atoms with Crippen molar-refractivity contribution >= 4 is 87.6 Å². The lowest BCUT2D eigenvalue weighted by Crippen LogP contribution is -2.27. The van der Waals surface area contributed by atoms with Crippen molar-refractivity contribution in [1.82, 2.24) is 52.7 Å². The molecule has 74 heavy (non-hydrogen) atoms. The number of amides is 8. The molecule has 0 fully saturated rings. The molecule has 7 rings (SSSR count). The molecule has 28 nitrogen and oxygen atoms in total. The molecule has 0 aliphatic rings. The highest BCUT2D eigenvalue weighted by atomic mass is 16.2. The van der Waals surface area contributed by atoms with Crippen molar-refractivity contribution in [3.8, 4) is 12.1 Å². The van der Waals surface area contributed by atoms with Gasteiger partial charge in [-0.1, -0.05) is 0 Å². The Morgan fingerprint density at radius 3 is 1.43 bits per heavy atom. The SMILES string of the molecule is Cn1cc(NC(=O)c2cc(NC(=O)c3cc(NC(=O)c4ccc(C(=O)Nc5cn(C)c(C(=O)Nc6cn(C)c(C(=O)Nc7cn(C)c(C(=O)NCCC#N)n7)n6)n5)cn4)cn3C)cn2C)cc1NC(=O)CCC#N. The van der Waals surface area contributed by atoms with Crippen molar-refractivity contribution < 1.29 is 38.4 Å². The Morgan fingerprint density at radius 2 is 0.946 bits per heavy atom. The van der Waals surface area contributed by atoms with E-state index in [1.54, 1.807) is 51.2 Å². The summed E-state index contributed by atoms with van der Waals surface area (Å²) in [4.78, 5) is 120. The molecule has 0 aliphatic heterocycles. The molecular formula is C46H46N20O8. The van der Waals surface area contributed by atoms with E-state index in [-0.39, 0.29) is 95.0 Å². The van der Waals surface area contributed by atoms with Crippen molar-refractivity contribution in [3.63, 3.8) is 0 Å². The molecular weight excluding hydrogens is 961 g/mol. The van der Waals surface area contributed by atoms with Crippen molar-refractivity contribution in [2.75, 3.05) is 43.8 Å². The molecule has 0 saturated carbocycles. The molecule has 0 aromatic carbocycles. The van der Waals surface area contributed by atoms with Crippen LogP contribution in [0.1, 0.15) is 92.9 Å². The molecule has 378 valence electrons. The predicted molar refractivity (Wildman–Crippen MR) is 264 cm³/mol. The zero-order valence-corrected chi connectivity index (χ0v) is 40.4. The van der Waals surface area contributed by atoms with Crippen molar-refractivity contribution in [2.45, 2.75) is 19.3 Å². The summed E-state index contributed by atoms with van der Waals surface area (Å²) in [5, 5.41) is 38.6. The van der Waals surface area contributed by atoms with E-state index in [1.807, 2.05) is 12.1 Å². The number of carbonyl (C=O) groups is 8. The van der Waals surface area contributed by atoms with Crippen LogP contribution in [0.4, 0.5) is 40.3 Å². The van der Waals surface area contributed by atoms with Crippen molar-refractivity contribution in [2.24, 2.45) is 42.3 Å². The van der Waals surface area contributed by atoms with Gasteiger partial charge < -0.3 is 69.9 Å². The van der Waals surface area contributed by atoms with Gasteiger partial charge in [0.05, 0.1) is 41.2 Å². The predicted octanol–water partition coefficient (Wildman–Crippen LogP) is 2.70. The van der Waals surface area contributed by atoms with E-state index >= 15 is 0 Å². The van der Waals surface area contributed by atoms with E-state index in [0.29, 0.717) is 17.2 Å². The molecule has 0 unspecified atom stereocenters. The molecule has 7 heterocycles. The minimum Gasteiger partial charge on any atom is -0.348 e. The van der Waals surface area contributed by atoms with E-state index < -0.39 is 41.4 Å². The summed E-state index contributed by atoms with van der Waals surface area (Å²) in [6.07, 6.45) is 10.3. The molecule has 0 spiro atoms. The lowest BCUT2D eigenvalue weighted by atomic mass is 10.2. The highest BCUT2D eigenvalue weighted by Gasteiger charge is 2.23. The monoisotopic (exact) mass is 1010 g/mol. The first kappa shape index (κ1) is 51.2. The number of imidazole rings is 3. The maximum atomic E-state index is 13.3. The third-order valence-electron chi connectivity index (χ3n) is 10.7. The van der Waals surface area contributed by atoms with Gasteiger partial charge in [0.2, 0.25) is 23.4 Å². The quantitative estimate of drug-likeness (QED) is 0.0574. The number of nitrogens with zero attached hydrogens (tertiary/aromatic N) is 12. The van der Waals surface area contributed by atoms with Gasteiger partial charge in [0, 0.05) is 111 Å². The Kier molecular flexibility index (Phi) is 15.2. The summed E-state index contributed by atoms with van der Waals surface area (Å²) in [6.45, 7) is 0.133. The standard InChI is InChI=1S/C46H46N20O8/c1-61-19-26(15-30(61)42(70)52-27-16-31(62(2)20-27)43(71)53-28-17-35(63(3)21-28)60-36(67)9-7-12-47)51-41(69)29-11-10-25(18-50-29)40(68)57-32-22-65(5)38(55-32)45(73)59-34-24-66(6)39(56-34)46(74)58-33-23-64(4)37(54-33)44(72)49-14-8-13-48/h10-11,15-24H,7-9,14H2,1-6H3,(H,49,72)(H,51,69)(H,52,70)(H,53,71)(H,57,68)(H,58,74)(H,59,73)(H,60,67). The fraction of sp³-hybridized carbons (Fsp3) is 0.217. The Balaban J connectivity index is 0.895. The van der Waals surface area contributed by atoms with Gasteiger partial charge in [-0.25, -0.2) is 15.0 Å². The number of aromatic nitrogens is 10. The van der Waals surface area contributed by atoms with E-state index in [2.05, 4.69) is 62.5 Å². The van der Waals surface area contributed by atoms with Gasteiger partial charge in [0.15, 0.2) is 17.5 Å². The van der Waals surface area contributed by atoms with Crippen LogP contribution < -0.4 is 42.5 Å². The average molecular weight is 1010 g/mol. The zero-order chi connectivity index (χ0) is 53.4. The minimum atomic E-state index is -0.718. The second-order valence-corrected chi connectivity index (χ2v) is 16.4. The zero-order valence-electron chi connectivity index (χ0n) is 40.4. The van der Waals surface area contributed by atoms with Crippen LogP contribution in [0.15, 0.2) is 73.7 Å². The number of anilines is 7. The Labute approximate surface area is 419 Å². The first-order chi connectivity index (χ1) is 35.3.